The van der Waals surface area contributed by atoms with Gasteiger partial charge in [-0.2, -0.15) is 5.10 Å². The van der Waals surface area contributed by atoms with E-state index < -0.39 is 0 Å². The third-order valence-electron chi connectivity index (χ3n) is 2.22. The molecule has 84 valence electrons. The van der Waals surface area contributed by atoms with Crippen LogP contribution in [-0.4, -0.2) is 9.78 Å². The summed E-state index contributed by atoms with van der Waals surface area (Å²) in [6.45, 7) is 2.73. The van der Waals surface area contributed by atoms with Crippen molar-refractivity contribution in [1.29, 1.82) is 0 Å². The van der Waals surface area contributed by atoms with Crippen LogP contribution in [0, 0.1) is 10.6 Å². The summed E-state index contributed by atoms with van der Waals surface area (Å²) in [6.07, 6.45) is 1.96. The first kappa shape index (κ1) is 12.4. The Kier molecular flexibility index (Phi) is 3.92. The van der Waals surface area contributed by atoms with Gasteiger partial charge in [-0.25, -0.2) is 0 Å². The number of halogens is 3. The predicted octanol–water partition coefficient (Wildman–Crippen LogP) is 4.26. The molecule has 1 aromatic carbocycles. The average molecular weight is 411 g/mol. The van der Waals surface area contributed by atoms with Gasteiger partial charge >= 0.3 is 0 Å². The molecule has 1 aromatic heterocycles. The second kappa shape index (κ2) is 5.06. The maximum atomic E-state index is 6.17. The van der Waals surface area contributed by atoms with Gasteiger partial charge in [0.05, 0.1) is 11.0 Å². The van der Waals surface area contributed by atoms with Crippen LogP contribution in [0.1, 0.15) is 11.1 Å². The highest BCUT2D eigenvalue weighted by Gasteiger charge is 2.05. The van der Waals surface area contributed by atoms with Gasteiger partial charge in [-0.1, -0.05) is 23.7 Å². The van der Waals surface area contributed by atoms with Crippen molar-refractivity contribution < 1.29 is 0 Å². The van der Waals surface area contributed by atoms with E-state index in [0.717, 1.165) is 18.8 Å². The molecule has 2 aromatic rings. The van der Waals surface area contributed by atoms with E-state index in [4.69, 9.17) is 11.6 Å². The van der Waals surface area contributed by atoms with Gasteiger partial charge in [-0.15, -0.1) is 0 Å². The first-order valence-corrected chi connectivity index (χ1v) is 6.94. The summed E-state index contributed by atoms with van der Waals surface area (Å²) in [5, 5.41) is 5.16. The highest BCUT2D eigenvalue weighted by Crippen LogP contribution is 2.21. The molecule has 0 atom stereocenters. The van der Waals surface area contributed by atoms with E-state index in [0.29, 0.717) is 6.54 Å². The largest absolute Gasteiger partial charge is 0.266 e. The van der Waals surface area contributed by atoms with Gasteiger partial charge in [0.2, 0.25) is 0 Å². The van der Waals surface area contributed by atoms with Crippen molar-refractivity contribution in [1.82, 2.24) is 9.78 Å². The summed E-state index contributed by atoms with van der Waals surface area (Å²) in [5.74, 6) is 0. The van der Waals surface area contributed by atoms with Crippen molar-refractivity contribution in [2.75, 3.05) is 0 Å². The third kappa shape index (κ3) is 2.78. The van der Waals surface area contributed by atoms with Gasteiger partial charge in [-0.3, -0.25) is 4.68 Å². The molecular weight excluding hydrogens is 402 g/mol. The summed E-state index contributed by atoms with van der Waals surface area (Å²) < 4.78 is 3.85. The number of rotatable bonds is 2. The molecule has 1 heterocycles. The molecule has 0 saturated heterocycles. The fraction of sp³-hybridized carbons (Fsp3) is 0.182. The summed E-state index contributed by atoms with van der Waals surface area (Å²) in [4.78, 5) is 0. The van der Waals surface area contributed by atoms with Gasteiger partial charge in [0, 0.05) is 11.2 Å². The predicted molar refractivity (Wildman–Crippen MR) is 77.9 cm³/mol. The summed E-state index contributed by atoms with van der Waals surface area (Å²) in [6, 6.07) is 6.07. The molecule has 0 saturated carbocycles. The third-order valence-corrected chi connectivity index (χ3v) is 4.69. The quantitative estimate of drug-likeness (QED) is 0.676. The monoisotopic (exact) mass is 410 g/mol. The van der Waals surface area contributed by atoms with Crippen molar-refractivity contribution in [3.63, 3.8) is 0 Å². The van der Waals surface area contributed by atoms with Crippen LogP contribution in [-0.2, 0) is 6.54 Å². The smallest absolute Gasteiger partial charge is 0.137 e. The van der Waals surface area contributed by atoms with Crippen molar-refractivity contribution in [3.05, 3.63) is 48.7 Å². The Bertz CT molecular complexity index is 505. The maximum absolute atomic E-state index is 6.17. The van der Waals surface area contributed by atoms with Gasteiger partial charge in [0.25, 0.3) is 0 Å². The fourth-order valence-corrected chi connectivity index (χ4v) is 2.44. The Morgan fingerprint density at radius 1 is 1.50 bits per heavy atom. The molecule has 5 heteroatoms. The second-order valence-corrected chi connectivity index (χ2v) is 5.84. The van der Waals surface area contributed by atoms with Crippen LogP contribution in [0.25, 0.3) is 0 Å². The Balaban J connectivity index is 2.27. The minimum Gasteiger partial charge on any atom is -0.266 e. The number of nitrogens with zero attached hydrogens (tertiary/aromatic N) is 2. The SMILES string of the molecule is Cc1ccc(Cn2cc(Br)c(I)n2)c(Cl)c1. The summed E-state index contributed by atoms with van der Waals surface area (Å²) in [5.41, 5.74) is 2.25. The molecule has 0 aliphatic carbocycles. The van der Waals surface area contributed by atoms with E-state index >= 15 is 0 Å². The highest BCUT2D eigenvalue weighted by atomic mass is 127. The molecule has 0 fully saturated rings. The molecule has 0 N–H and O–H groups in total. The topological polar surface area (TPSA) is 17.8 Å². The number of hydrogen-bond acceptors (Lipinski definition) is 1. The molecule has 2 nitrogen and oxygen atoms in total. The Labute approximate surface area is 121 Å². The fourth-order valence-electron chi connectivity index (χ4n) is 1.41. The lowest BCUT2D eigenvalue weighted by atomic mass is 10.1. The van der Waals surface area contributed by atoms with Gasteiger partial charge in [-0.05, 0) is 62.6 Å². The van der Waals surface area contributed by atoms with Crippen LogP contribution >= 0.6 is 50.1 Å². The van der Waals surface area contributed by atoms with Crippen LogP contribution in [0.4, 0.5) is 0 Å². The normalized spacial score (nSPS) is 10.8. The van der Waals surface area contributed by atoms with E-state index in [1.54, 1.807) is 0 Å². The van der Waals surface area contributed by atoms with Crippen molar-refractivity contribution >= 4 is 50.1 Å². The average Bonchev–Trinajstić information content (AvgIpc) is 2.51. The summed E-state index contributed by atoms with van der Waals surface area (Å²) >= 11 is 11.8. The molecule has 0 unspecified atom stereocenters. The van der Waals surface area contributed by atoms with Crippen LogP contribution in [0.2, 0.25) is 5.02 Å². The second-order valence-electron chi connectivity index (χ2n) is 3.56. The Hall–Kier alpha value is -0.0700. The van der Waals surface area contributed by atoms with Crippen molar-refractivity contribution in [2.45, 2.75) is 13.5 Å². The number of aromatic nitrogens is 2. The number of benzene rings is 1. The maximum Gasteiger partial charge on any atom is 0.137 e. The molecule has 0 bridgehead atoms. The van der Waals surface area contributed by atoms with Crippen LogP contribution in [0.15, 0.2) is 28.9 Å². The number of aryl methyl sites for hydroxylation is 1. The lowest BCUT2D eigenvalue weighted by Crippen LogP contribution is -2.01. The van der Waals surface area contributed by atoms with Crippen LogP contribution in [0.5, 0.6) is 0 Å². The standard InChI is InChI=1S/C11H9BrClIN2/c1-7-2-3-8(10(13)4-7)5-16-6-9(12)11(14)15-16/h2-4,6H,5H2,1H3. The van der Waals surface area contributed by atoms with E-state index in [-0.39, 0.29) is 0 Å². The number of hydrogen-bond donors (Lipinski definition) is 0. The molecule has 0 radical (unpaired) electrons. The van der Waals surface area contributed by atoms with E-state index in [1.165, 1.54) is 5.56 Å². The molecule has 2 rings (SSSR count). The zero-order chi connectivity index (χ0) is 11.7. The molecule has 0 spiro atoms. The van der Waals surface area contributed by atoms with Crippen LogP contribution in [0.3, 0.4) is 0 Å². The first-order valence-electron chi connectivity index (χ1n) is 4.70. The van der Waals surface area contributed by atoms with Gasteiger partial charge in [0.1, 0.15) is 3.70 Å². The Morgan fingerprint density at radius 3 is 2.81 bits per heavy atom. The van der Waals surface area contributed by atoms with Crippen molar-refractivity contribution in [2.24, 2.45) is 0 Å². The van der Waals surface area contributed by atoms with Gasteiger partial charge < -0.3 is 0 Å². The Morgan fingerprint density at radius 2 is 2.25 bits per heavy atom. The minimum absolute atomic E-state index is 0.695. The molecule has 0 aliphatic rings. The van der Waals surface area contributed by atoms with Gasteiger partial charge in [0.15, 0.2) is 0 Å². The lowest BCUT2D eigenvalue weighted by molar-refractivity contribution is 0.681. The molecule has 0 aliphatic heterocycles. The molecule has 0 amide bonds. The van der Waals surface area contributed by atoms with E-state index in [9.17, 15) is 0 Å². The summed E-state index contributed by atoms with van der Waals surface area (Å²) in [7, 11) is 0. The first-order chi connectivity index (χ1) is 7.56. The molecule has 16 heavy (non-hydrogen) atoms. The zero-order valence-corrected chi connectivity index (χ0v) is 13.0. The van der Waals surface area contributed by atoms with Crippen molar-refractivity contribution in [3.8, 4) is 0 Å². The van der Waals surface area contributed by atoms with E-state index in [2.05, 4.69) is 49.7 Å². The highest BCUT2D eigenvalue weighted by molar-refractivity contribution is 14.1. The molecular formula is C11H9BrClIN2. The zero-order valence-electron chi connectivity index (χ0n) is 8.54. The minimum atomic E-state index is 0.695. The lowest BCUT2D eigenvalue weighted by Gasteiger charge is -2.05. The van der Waals surface area contributed by atoms with E-state index in [1.807, 2.05) is 29.9 Å². The van der Waals surface area contributed by atoms with Crippen LogP contribution < -0.4 is 0 Å².